The van der Waals surface area contributed by atoms with Gasteiger partial charge >= 0.3 is 5.97 Å². The number of esters is 1. The second-order valence-electron chi connectivity index (χ2n) is 5.29. The van der Waals surface area contributed by atoms with Crippen LogP contribution in [0.5, 0.6) is 0 Å². The number of likely N-dealkylation sites (tertiary alicyclic amines) is 1. The Labute approximate surface area is 133 Å². The van der Waals surface area contributed by atoms with Crippen molar-refractivity contribution in [2.24, 2.45) is 0 Å². The predicted molar refractivity (Wildman–Crippen MR) is 83.6 cm³/mol. The van der Waals surface area contributed by atoms with Crippen LogP contribution < -0.4 is 5.32 Å². The fourth-order valence-corrected chi connectivity index (χ4v) is 2.79. The van der Waals surface area contributed by atoms with Crippen molar-refractivity contribution in [3.63, 3.8) is 0 Å². The predicted octanol–water partition coefficient (Wildman–Crippen LogP) is 2.54. The van der Waals surface area contributed by atoms with Gasteiger partial charge in [-0.3, -0.25) is 10.1 Å². The van der Waals surface area contributed by atoms with E-state index in [1.54, 1.807) is 0 Å². The normalized spacial score (nSPS) is 16.3. The molecule has 0 bridgehead atoms. The van der Waals surface area contributed by atoms with Crippen LogP contribution in [-0.2, 0) is 4.74 Å². The van der Waals surface area contributed by atoms with Gasteiger partial charge in [0, 0.05) is 12.1 Å². The number of hydrogen-bond donors (Lipinski definition) is 1. The number of piperidine rings is 1. The molecule has 120 valence electrons. The van der Waals surface area contributed by atoms with Crippen LogP contribution in [0.3, 0.4) is 0 Å². The second-order valence-corrected chi connectivity index (χ2v) is 5.67. The molecular formula is C14H18ClN3O4. The lowest BCUT2D eigenvalue weighted by atomic mass is 10.0. The van der Waals surface area contributed by atoms with Gasteiger partial charge in [-0.1, -0.05) is 11.6 Å². The van der Waals surface area contributed by atoms with Crippen LogP contribution in [0, 0.1) is 10.1 Å². The average Bonchev–Trinajstić information content (AvgIpc) is 2.50. The summed E-state index contributed by atoms with van der Waals surface area (Å²) in [7, 11) is 3.23. The van der Waals surface area contributed by atoms with E-state index < -0.39 is 10.9 Å². The lowest BCUT2D eigenvalue weighted by Crippen LogP contribution is -2.36. The van der Waals surface area contributed by atoms with Crippen molar-refractivity contribution in [1.29, 1.82) is 0 Å². The molecule has 0 saturated carbocycles. The number of hydrogen-bond acceptors (Lipinski definition) is 6. The van der Waals surface area contributed by atoms with Crippen molar-refractivity contribution in [2.45, 2.75) is 18.9 Å². The maximum absolute atomic E-state index is 11.8. The second kappa shape index (κ2) is 6.93. The molecule has 0 unspecified atom stereocenters. The molecule has 0 aromatic heterocycles. The van der Waals surface area contributed by atoms with Gasteiger partial charge in [0.25, 0.3) is 5.69 Å². The van der Waals surface area contributed by atoms with Crippen molar-refractivity contribution < 1.29 is 14.5 Å². The molecular weight excluding hydrogens is 310 g/mol. The first-order valence-electron chi connectivity index (χ1n) is 6.94. The number of halogens is 1. The van der Waals surface area contributed by atoms with Crippen molar-refractivity contribution in [3.05, 3.63) is 32.8 Å². The zero-order chi connectivity index (χ0) is 16.3. The van der Waals surface area contributed by atoms with Gasteiger partial charge in [-0.05, 0) is 39.0 Å². The third kappa shape index (κ3) is 3.48. The summed E-state index contributed by atoms with van der Waals surface area (Å²) >= 11 is 6.20. The van der Waals surface area contributed by atoms with Gasteiger partial charge in [0.05, 0.1) is 22.7 Å². The third-order valence-corrected chi connectivity index (χ3v) is 4.18. The van der Waals surface area contributed by atoms with E-state index in [0.29, 0.717) is 5.69 Å². The van der Waals surface area contributed by atoms with Gasteiger partial charge in [0.2, 0.25) is 0 Å². The van der Waals surface area contributed by atoms with Gasteiger partial charge in [-0.2, -0.15) is 0 Å². The number of nitro groups is 1. The monoisotopic (exact) mass is 327 g/mol. The maximum Gasteiger partial charge on any atom is 0.346 e. The highest BCUT2D eigenvalue weighted by atomic mass is 35.5. The largest absolute Gasteiger partial charge is 0.465 e. The van der Waals surface area contributed by atoms with E-state index in [0.717, 1.165) is 25.9 Å². The summed E-state index contributed by atoms with van der Waals surface area (Å²) in [5, 5.41) is 14.3. The zero-order valence-corrected chi connectivity index (χ0v) is 13.2. The summed E-state index contributed by atoms with van der Waals surface area (Å²) in [6, 6.07) is 3.03. The summed E-state index contributed by atoms with van der Waals surface area (Å²) in [6.45, 7) is 1.93. The molecule has 1 aliphatic heterocycles. The van der Waals surface area contributed by atoms with E-state index in [2.05, 4.69) is 22.0 Å². The molecule has 7 nitrogen and oxygen atoms in total. The highest BCUT2D eigenvalue weighted by molar-refractivity contribution is 6.36. The molecule has 1 fully saturated rings. The summed E-state index contributed by atoms with van der Waals surface area (Å²) in [6.07, 6.45) is 1.88. The first kappa shape index (κ1) is 16.5. The van der Waals surface area contributed by atoms with Crippen LogP contribution in [0.1, 0.15) is 23.2 Å². The van der Waals surface area contributed by atoms with Crippen molar-refractivity contribution in [1.82, 2.24) is 4.90 Å². The molecule has 0 amide bonds. The van der Waals surface area contributed by atoms with Crippen LogP contribution in [0.2, 0.25) is 5.02 Å². The highest BCUT2D eigenvalue weighted by Crippen LogP contribution is 2.34. The summed E-state index contributed by atoms with van der Waals surface area (Å²) < 4.78 is 4.60. The van der Waals surface area contributed by atoms with Crippen molar-refractivity contribution in [3.8, 4) is 0 Å². The lowest BCUT2D eigenvalue weighted by molar-refractivity contribution is -0.385. The number of rotatable bonds is 4. The number of carbonyl (C=O) groups is 1. The van der Waals surface area contributed by atoms with Crippen molar-refractivity contribution in [2.75, 3.05) is 32.6 Å². The van der Waals surface area contributed by atoms with Crippen LogP contribution in [0.15, 0.2) is 12.1 Å². The first-order chi connectivity index (χ1) is 10.4. The van der Waals surface area contributed by atoms with E-state index in [4.69, 9.17) is 11.6 Å². The van der Waals surface area contributed by atoms with E-state index >= 15 is 0 Å². The fourth-order valence-electron chi connectivity index (χ4n) is 2.50. The number of nitrogens with zero attached hydrogens (tertiary/aromatic N) is 2. The average molecular weight is 328 g/mol. The Balaban J connectivity index is 2.29. The molecule has 0 atom stereocenters. The van der Waals surface area contributed by atoms with Crippen LogP contribution >= 0.6 is 11.6 Å². The van der Waals surface area contributed by atoms with Crippen LogP contribution in [-0.4, -0.2) is 49.1 Å². The number of methoxy groups -OCH3 is 1. The van der Waals surface area contributed by atoms with E-state index in [1.807, 2.05) is 0 Å². The number of nitrogens with one attached hydrogen (secondary N) is 1. The molecule has 1 aromatic rings. The number of ether oxygens (including phenoxy) is 1. The molecule has 8 heteroatoms. The lowest BCUT2D eigenvalue weighted by Gasteiger charge is -2.30. The Bertz CT molecular complexity index is 586. The van der Waals surface area contributed by atoms with Crippen molar-refractivity contribution >= 4 is 28.9 Å². The van der Waals surface area contributed by atoms with Gasteiger partial charge < -0.3 is 15.0 Å². The van der Waals surface area contributed by atoms with E-state index in [1.165, 1.54) is 19.2 Å². The van der Waals surface area contributed by atoms with Gasteiger partial charge in [-0.25, -0.2) is 4.79 Å². The highest BCUT2D eigenvalue weighted by Gasteiger charge is 2.27. The molecule has 1 aromatic carbocycles. The van der Waals surface area contributed by atoms with Gasteiger partial charge in [-0.15, -0.1) is 0 Å². The molecule has 2 rings (SSSR count). The number of anilines is 1. The van der Waals surface area contributed by atoms with Gasteiger partial charge in [0.15, 0.2) is 5.56 Å². The number of nitro benzene ring substituents is 1. The molecule has 0 aliphatic carbocycles. The first-order valence-corrected chi connectivity index (χ1v) is 7.32. The number of benzene rings is 1. The summed E-state index contributed by atoms with van der Waals surface area (Å²) in [5.41, 5.74) is -0.0555. The maximum atomic E-state index is 11.8. The molecule has 1 aliphatic rings. The molecule has 0 radical (unpaired) electrons. The SMILES string of the molecule is COC(=O)c1c([N+](=O)[O-])ccc(NC2CCN(C)CC2)c1Cl. The Morgan fingerprint density at radius 1 is 1.45 bits per heavy atom. The zero-order valence-electron chi connectivity index (χ0n) is 12.5. The Morgan fingerprint density at radius 3 is 2.64 bits per heavy atom. The quantitative estimate of drug-likeness (QED) is 0.519. The topological polar surface area (TPSA) is 84.7 Å². The number of carbonyl (C=O) groups excluding carboxylic acids is 1. The smallest absolute Gasteiger partial charge is 0.346 e. The Kier molecular flexibility index (Phi) is 5.20. The molecule has 1 N–H and O–H groups in total. The Hall–Kier alpha value is -1.86. The molecule has 22 heavy (non-hydrogen) atoms. The molecule has 0 spiro atoms. The van der Waals surface area contributed by atoms with Crippen LogP contribution in [0.25, 0.3) is 0 Å². The van der Waals surface area contributed by atoms with Crippen LogP contribution in [0.4, 0.5) is 11.4 Å². The van der Waals surface area contributed by atoms with Gasteiger partial charge in [0.1, 0.15) is 0 Å². The minimum Gasteiger partial charge on any atom is -0.465 e. The standard InChI is InChI=1S/C14H18ClN3O4/c1-17-7-5-9(6-8-17)16-10-3-4-11(18(20)21)12(13(10)15)14(19)22-2/h3-4,9,16H,5-8H2,1-2H3. The summed E-state index contributed by atoms with van der Waals surface area (Å²) in [4.78, 5) is 24.4. The van der Waals surface area contributed by atoms with E-state index in [-0.39, 0.29) is 22.3 Å². The molecule has 1 heterocycles. The minimum absolute atomic E-state index is 0.0278. The minimum atomic E-state index is -0.816. The Morgan fingerprint density at radius 2 is 2.09 bits per heavy atom. The third-order valence-electron chi connectivity index (χ3n) is 3.78. The molecule has 1 saturated heterocycles. The summed E-state index contributed by atoms with van der Waals surface area (Å²) in [5.74, 6) is -0.816. The fraction of sp³-hybridized carbons (Fsp3) is 0.500. The van der Waals surface area contributed by atoms with E-state index in [9.17, 15) is 14.9 Å².